The number of carbonyl (C=O) groups is 1. The molecule has 0 aromatic heterocycles. The number of hydrogen-bond acceptors (Lipinski definition) is 4. The van der Waals surface area contributed by atoms with Crippen molar-refractivity contribution < 1.29 is 43.7 Å². The van der Waals surface area contributed by atoms with Crippen LogP contribution in [0, 0.1) is 0 Å². The standard InChI is InChI=1S/C27H25Cl6F6NO4S/c1-45(42,43)44-9-7-23(17-4-5-20(24(28,29)30)21(14-17)25(31,32)33)6-2-3-8-40(15-23)22(41)12-16-10-18(26(34,35)36)13-19(11-16)27(37,38)39/h4-5,10-11,13-14H,2-3,6-9,12,15H2,1H3/t23-/m1/s1. The number of carbonyl (C=O) groups excluding carboxylic acids is 1. The zero-order valence-corrected chi connectivity index (χ0v) is 28.5. The van der Waals surface area contributed by atoms with Crippen molar-refractivity contribution in [3.8, 4) is 0 Å². The maximum Gasteiger partial charge on any atom is 0.416 e. The first kappa shape index (κ1) is 38.6. The van der Waals surface area contributed by atoms with Gasteiger partial charge in [-0.1, -0.05) is 94.2 Å². The Morgan fingerprint density at radius 3 is 1.91 bits per heavy atom. The second-order valence-electron chi connectivity index (χ2n) is 10.7. The lowest BCUT2D eigenvalue weighted by Gasteiger charge is -2.38. The van der Waals surface area contributed by atoms with E-state index in [1.807, 2.05) is 0 Å². The smallest absolute Gasteiger partial charge is 0.342 e. The summed E-state index contributed by atoms with van der Waals surface area (Å²) in [7, 11) is -3.88. The van der Waals surface area contributed by atoms with E-state index >= 15 is 0 Å². The summed E-state index contributed by atoms with van der Waals surface area (Å²) in [6.07, 6.45) is -8.85. The zero-order valence-electron chi connectivity index (χ0n) is 23.1. The Balaban J connectivity index is 2.08. The van der Waals surface area contributed by atoms with Gasteiger partial charge in [-0.25, -0.2) is 0 Å². The van der Waals surface area contributed by atoms with Gasteiger partial charge in [-0.05, 0) is 48.6 Å². The Morgan fingerprint density at radius 2 is 1.42 bits per heavy atom. The van der Waals surface area contributed by atoms with Crippen LogP contribution in [0.1, 0.15) is 59.1 Å². The molecule has 45 heavy (non-hydrogen) atoms. The van der Waals surface area contributed by atoms with E-state index in [2.05, 4.69) is 0 Å². The Kier molecular flexibility index (Phi) is 12.0. The van der Waals surface area contributed by atoms with E-state index in [-0.39, 0.29) is 43.3 Å². The van der Waals surface area contributed by atoms with E-state index in [0.29, 0.717) is 37.0 Å². The molecule has 0 radical (unpaired) electrons. The monoisotopic (exact) mass is 783 g/mol. The van der Waals surface area contributed by atoms with Crippen molar-refractivity contribution in [2.75, 3.05) is 26.0 Å². The Hall–Kier alpha value is -0.860. The molecule has 0 N–H and O–H groups in total. The predicted molar refractivity (Wildman–Crippen MR) is 163 cm³/mol. The first-order valence-corrected chi connectivity index (χ1v) is 17.1. The number of alkyl halides is 12. The molecule has 0 unspecified atom stereocenters. The SMILES string of the molecule is CS(=O)(=O)OCC[C@]1(c2ccc(C(Cl)(Cl)Cl)c(C(Cl)(Cl)Cl)c2)CCCCN(C(=O)Cc2cc(C(F)(F)F)cc(C(F)(F)F)c2)C1. The molecule has 1 aliphatic rings. The van der Waals surface area contributed by atoms with Gasteiger partial charge in [0.05, 0.1) is 30.4 Å². The van der Waals surface area contributed by atoms with Crippen molar-refractivity contribution in [1.82, 2.24) is 4.90 Å². The molecule has 252 valence electrons. The molecule has 1 amide bonds. The highest BCUT2D eigenvalue weighted by Gasteiger charge is 2.42. The first-order chi connectivity index (χ1) is 20.3. The van der Waals surface area contributed by atoms with Crippen molar-refractivity contribution in [3.05, 3.63) is 69.8 Å². The van der Waals surface area contributed by atoms with E-state index in [1.54, 1.807) is 6.07 Å². The molecule has 1 saturated heterocycles. The molecule has 18 heteroatoms. The lowest BCUT2D eigenvalue weighted by Crippen LogP contribution is -2.44. The Labute approximate surface area is 286 Å². The topological polar surface area (TPSA) is 63.7 Å². The fourth-order valence-electron chi connectivity index (χ4n) is 5.24. The quantitative estimate of drug-likeness (QED) is 0.160. The van der Waals surface area contributed by atoms with Gasteiger partial charge in [0.1, 0.15) is 0 Å². The summed E-state index contributed by atoms with van der Waals surface area (Å²) in [5.74, 6) is -0.753. The van der Waals surface area contributed by atoms with E-state index in [0.717, 1.165) is 6.26 Å². The molecule has 2 aromatic rings. The first-order valence-electron chi connectivity index (χ1n) is 13.0. The van der Waals surface area contributed by atoms with Gasteiger partial charge in [0.15, 0.2) is 0 Å². The fourth-order valence-corrected chi connectivity index (χ4v) is 6.59. The minimum Gasteiger partial charge on any atom is -0.342 e. The van der Waals surface area contributed by atoms with Crippen LogP contribution in [0.15, 0.2) is 36.4 Å². The molecule has 5 nitrogen and oxygen atoms in total. The second-order valence-corrected chi connectivity index (χ2v) is 16.9. The molecule has 0 saturated carbocycles. The third-order valence-corrected chi connectivity index (χ3v) is 9.12. The molecule has 0 spiro atoms. The van der Waals surface area contributed by atoms with Crippen molar-refractivity contribution in [2.45, 2.75) is 57.5 Å². The van der Waals surface area contributed by atoms with Crippen molar-refractivity contribution in [1.29, 1.82) is 0 Å². The molecule has 0 bridgehead atoms. The van der Waals surface area contributed by atoms with Crippen LogP contribution < -0.4 is 0 Å². The summed E-state index contributed by atoms with van der Waals surface area (Å²) in [5.41, 5.74) is -4.20. The number of likely N-dealkylation sites (tertiary alicyclic amines) is 1. The molecule has 2 aromatic carbocycles. The molecular weight excluding hydrogens is 761 g/mol. The normalized spacial score (nSPS) is 19.0. The summed E-state index contributed by atoms with van der Waals surface area (Å²) >= 11 is 36.9. The highest BCUT2D eigenvalue weighted by molar-refractivity contribution is 7.85. The van der Waals surface area contributed by atoms with Crippen LogP contribution in [0.4, 0.5) is 26.3 Å². The zero-order chi connectivity index (χ0) is 34.2. The summed E-state index contributed by atoms with van der Waals surface area (Å²) < 4.78 is 105. The summed E-state index contributed by atoms with van der Waals surface area (Å²) in [6, 6.07) is 5.38. The van der Waals surface area contributed by atoms with Gasteiger partial charge >= 0.3 is 12.4 Å². The van der Waals surface area contributed by atoms with Gasteiger partial charge in [-0.3, -0.25) is 8.98 Å². The molecule has 0 aliphatic carbocycles. The van der Waals surface area contributed by atoms with Crippen molar-refractivity contribution in [2.24, 2.45) is 0 Å². The number of benzene rings is 2. The fraction of sp³-hybridized carbons (Fsp3) is 0.519. The van der Waals surface area contributed by atoms with Crippen LogP contribution in [0.2, 0.25) is 0 Å². The number of halogens is 12. The molecular formula is C27H25Cl6F6NO4S. The molecule has 1 heterocycles. The second kappa shape index (κ2) is 13.9. The van der Waals surface area contributed by atoms with Gasteiger partial charge in [-0.15, -0.1) is 0 Å². The highest BCUT2D eigenvalue weighted by atomic mass is 35.6. The maximum absolute atomic E-state index is 13.5. The average molecular weight is 786 g/mol. The number of rotatable bonds is 7. The van der Waals surface area contributed by atoms with Crippen LogP contribution in [0.3, 0.4) is 0 Å². The largest absolute Gasteiger partial charge is 0.416 e. The van der Waals surface area contributed by atoms with E-state index in [1.165, 1.54) is 17.0 Å². The van der Waals surface area contributed by atoms with Gasteiger partial charge in [0, 0.05) is 29.6 Å². The van der Waals surface area contributed by atoms with Crippen LogP contribution in [-0.2, 0) is 50.9 Å². The summed E-state index contributed by atoms with van der Waals surface area (Å²) in [5, 5.41) is 0. The predicted octanol–water partition coefficient (Wildman–Crippen LogP) is 9.24. The minimum atomic E-state index is -5.09. The van der Waals surface area contributed by atoms with Gasteiger partial charge in [0.25, 0.3) is 10.1 Å². The third-order valence-electron chi connectivity index (χ3n) is 7.30. The highest BCUT2D eigenvalue weighted by Crippen LogP contribution is 2.50. The Bertz CT molecular complexity index is 1480. The molecule has 1 atom stereocenters. The van der Waals surface area contributed by atoms with E-state index in [9.17, 15) is 39.6 Å². The lowest BCUT2D eigenvalue weighted by atomic mass is 9.73. The average Bonchev–Trinajstić information content (AvgIpc) is 3.09. The minimum absolute atomic E-state index is 0.00194. The van der Waals surface area contributed by atoms with Crippen LogP contribution in [0.25, 0.3) is 0 Å². The van der Waals surface area contributed by atoms with Crippen LogP contribution in [0.5, 0.6) is 0 Å². The van der Waals surface area contributed by atoms with Crippen LogP contribution in [-0.4, -0.2) is 45.2 Å². The number of amides is 1. The van der Waals surface area contributed by atoms with Crippen molar-refractivity contribution in [3.63, 3.8) is 0 Å². The van der Waals surface area contributed by atoms with Crippen molar-refractivity contribution >= 4 is 85.6 Å². The maximum atomic E-state index is 13.5. The summed E-state index contributed by atoms with van der Waals surface area (Å²) in [6.45, 7) is -0.350. The summed E-state index contributed by atoms with van der Waals surface area (Å²) in [4.78, 5) is 14.8. The van der Waals surface area contributed by atoms with Crippen LogP contribution >= 0.6 is 69.6 Å². The van der Waals surface area contributed by atoms with E-state index < -0.39 is 64.5 Å². The third kappa shape index (κ3) is 10.6. The molecule has 3 rings (SSSR count). The number of hydrogen-bond donors (Lipinski definition) is 0. The molecule has 1 fully saturated rings. The van der Waals surface area contributed by atoms with Gasteiger partial charge < -0.3 is 4.90 Å². The van der Waals surface area contributed by atoms with Gasteiger partial charge in [-0.2, -0.15) is 34.8 Å². The number of nitrogens with zero attached hydrogens (tertiary/aromatic N) is 1. The Morgan fingerprint density at radius 1 is 0.867 bits per heavy atom. The van der Waals surface area contributed by atoms with Gasteiger partial charge in [0.2, 0.25) is 13.5 Å². The lowest BCUT2D eigenvalue weighted by molar-refractivity contribution is -0.143. The molecule has 1 aliphatic heterocycles. The van der Waals surface area contributed by atoms with E-state index in [4.69, 9.17) is 73.8 Å².